The molecule has 2 aromatic carbocycles. The number of nitrogens with one attached hydrogen (secondary N) is 1. The van der Waals surface area contributed by atoms with E-state index in [1.54, 1.807) is 36.4 Å². The van der Waals surface area contributed by atoms with Crippen molar-refractivity contribution in [3.05, 3.63) is 70.8 Å². The summed E-state index contributed by atoms with van der Waals surface area (Å²) in [6, 6.07) is 12.9. The number of carbonyl (C=O) groups excluding carboxylic acids is 1. The van der Waals surface area contributed by atoms with Crippen LogP contribution in [0.2, 0.25) is 0 Å². The number of amides is 1. The Hall–Kier alpha value is -3.22. The van der Waals surface area contributed by atoms with Crippen LogP contribution in [0.4, 0.5) is 4.39 Å². The molecule has 0 fully saturated rings. The molecule has 140 valence electrons. The lowest BCUT2D eigenvalue weighted by Gasteiger charge is -2.10. The Morgan fingerprint density at radius 3 is 2.70 bits per heavy atom. The van der Waals surface area contributed by atoms with Crippen molar-refractivity contribution >= 4 is 16.8 Å². The number of fused-ring (bicyclic) bond motifs is 1. The summed E-state index contributed by atoms with van der Waals surface area (Å²) in [6.07, 6.45) is 2.74. The van der Waals surface area contributed by atoms with Crippen molar-refractivity contribution in [2.24, 2.45) is 0 Å². The van der Waals surface area contributed by atoms with Gasteiger partial charge in [-0.25, -0.2) is 4.39 Å². The van der Waals surface area contributed by atoms with Crippen LogP contribution in [0.5, 0.6) is 5.75 Å². The summed E-state index contributed by atoms with van der Waals surface area (Å²) < 4.78 is 19.8. The predicted octanol–water partition coefficient (Wildman–Crippen LogP) is 2.51. The van der Waals surface area contributed by atoms with E-state index in [0.717, 1.165) is 12.8 Å². The van der Waals surface area contributed by atoms with Gasteiger partial charge in [-0.1, -0.05) is 12.1 Å². The molecule has 0 radical (unpaired) electrons. The highest BCUT2D eigenvalue weighted by Crippen LogP contribution is 2.11. The van der Waals surface area contributed by atoms with Gasteiger partial charge in [-0.15, -0.1) is 0 Å². The summed E-state index contributed by atoms with van der Waals surface area (Å²) in [5.41, 5.74) is 0.469. The first kappa shape index (κ1) is 18.6. The van der Waals surface area contributed by atoms with Gasteiger partial charge in [-0.3, -0.25) is 14.3 Å². The average Bonchev–Trinajstić information content (AvgIpc) is 2.68. The Labute approximate surface area is 155 Å². The van der Waals surface area contributed by atoms with Crippen LogP contribution in [0, 0.1) is 5.82 Å². The fraction of sp³-hybridized carbons (Fsp3) is 0.250. The number of halogens is 1. The monoisotopic (exact) mass is 369 g/mol. The lowest BCUT2D eigenvalue weighted by atomic mass is 10.2. The minimum absolute atomic E-state index is 0.0485. The number of hydrogen-bond acceptors (Lipinski definition) is 4. The molecule has 0 aliphatic rings. The van der Waals surface area contributed by atoms with Gasteiger partial charge < -0.3 is 10.1 Å². The van der Waals surface area contributed by atoms with Gasteiger partial charge in [0.05, 0.1) is 18.3 Å². The molecule has 1 N–H and O–H groups in total. The maximum atomic E-state index is 12.8. The summed E-state index contributed by atoms with van der Waals surface area (Å²) in [4.78, 5) is 23.9. The normalized spacial score (nSPS) is 10.7. The molecule has 0 aliphatic carbocycles. The number of ether oxygens (including phenoxy) is 1. The van der Waals surface area contributed by atoms with Crippen molar-refractivity contribution in [2.75, 3.05) is 13.2 Å². The van der Waals surface area contributed by atoms with E-state index in [1.165, 1.54) is 23.0 Å². The van der Waals surface area contributed by atoms with E-state index in [2.05, 4.69) is 10.4 Å². The maximum absolute atomic E-state index is 12.8. The number of aromatic nitrogens is 2. The van der Waals surface area contributed by atoms with Crippen molar-refractivity contribution in [1.29, 1.82) is 0 Å². The van der Waals surface area contributed by atoms with Crippen LogP contribution >= 0.6 is 0 Å². The molecule has 0 saturated carbocycles. The first-order chi connectivity index (χ1) is 13.1. The highest BCUT2D eigenvalue weighted by atomic mass is 19.1. The van der Waals surface area contributed by atoms with Crippen LogP contribution < -0.4 is 15.5 Å². The Bertz CT molecular complexity index is 970. The molecule has 0 saturated heterocycles. The van der Waals surface area contributed by atoms with Gasteiger partial charge in [-0.2, -0.15) is 5.10 Å². The van der Waals surface area contributed by atoms with Crippen molar-refractivity contribution in [3.63, 3.8) is 0 Å². The Morgan fingerprint density at radius 2 is 1.89 bits per heavy atom. The second kappa shape index (κ2) is 8.93. The fourth-order valence-corrected chi connectivity index (χ4v) is 2.65. The molecule has 1 heterocycles. The van der Waals surface area contributed by atoms with E-state index in [1.807, 2.05) is 0 Å². The summed E-state index contributed by atoms with van der Waals surface area (Å²) in [5.74, 6) is 0.155. The van der Waals surface area contributed by atoms with Crippen molar-refractivity contribution in [1.82, 2.24) is 15.1 Å². The number of benzene rings is 2. The highest BCUT2D eigenvalue weighted by Gasteiger charge is 2.07. The smallest absolute Gasteiger partial charge is 0.241 e. The van der Waals surface area contributed by atoms with Crippen LogP contribution in [0.25, 0.3) is 10.9 Å². The second-order valence-electron chi connectivity index (χ2n) is 6.04. The lowest BCUT2D eigenvalue weighted by molar-refractivity contribution is -0.121. The predicted molar refractivity (Wildman–Crippen MR) is 100 cm³/mol. The fourth-order valence-electron chi connectivity index (χ4n) is 2.65. The SMILES string of the molecule is O=C(Cn1ncc(=O)c2ccccc21)NCCCCOc1ccc(F)cc1. The molecule has 6 nitrogen and oxygen atoms in total. The van der Waals surface area contributed by atoms with E-state index in [-0.39, 0.29) is 23.7 Å². The zero-order valence-electron chi connectivity index (χ0n) is 14.7. The number of rotatable bonds is 8. The minimum atomic E-state index is -0.296. The third kappa shape index (κ3) is 5.13. The maximum Gasteiger partial charge on any atom is 0.241 e. The molecule has 3 rings (SSSR count). The van der Waals surface area contributed by atoms with Crippen LogP contribution in [0.3, 0.4) is 0 Å². The first-order valence-corrected chi connectivity index (χ1v) is 8.73. The van der Waals surface area contributed by atoms with Crippen LogP contribution in [-0.4, -0.2) is 28.8 Å². The van der Waals surface area contributed by atoms with E-state index < -0.39 is 0 Å². The molecule has 1 amide bonds. The van der Waals surface area contributed by atoms with Gasteiger partial charge in [-0.05, 0) is 49.2 Å². The highest BCUT2D eigenvalue weighted by molar-refractivity contribution is 5.81. The van der Waals surface area contributed by atoms with Crippen LogP contribution in [-0.2, 0) is 11.3 Å². The van der Waals surface area contributed by atoms with Gasteiger partial charge >= 0.3 is 0 Å². The molecule has 7 heteroatoms. The average molecular weight is 369 g/mol. The Kier molecular flexibility index (Phi) is 6.14. The second-order valence-corrected chi connectivity index (χ2v) is 6.04. The molecule has 0 aliphatic heterocycles. The van der Waals surface area contributed by atoms with Gasteiger partial charge in [0.1, 0.15) is 18.1 Å². The molecule has 3 aromatic rings. The third-order valence-electron chi connectivity index (χ3n) is 4.03. The Morgan fingerprint density at radius 1 is 1.11 bits per heavy atom. The topological polar surface area (TPSA) is 73.2 Å². The molecule has 0 spiro atoms. The number of carbonyl (C=O) groups is 1. The largest absolute Gasteiger partial charge is 0.494 e. The molecule has 1 aromatic heterocycles. The van der Waals surface area contributed by atoms with Crippen LogP contribution in [0.1, 0.15) is 12.8 Å². The zero-order valence-corrected chi connectivity index (χ0v) is 14.7. The number of hydrogen-bond donors (Lipinski definition) is 1. The van der Waals surface area contributed by atoms with Crippen molar-refractivity contribution < 1.29 is 13.9 Å². The standard InChI is InChI=1S/C20H20FN3O3/c21-15-7-9-16(10-8-15)27-12-4-3-11-22-20(26)14-24-18-6-2-1-5-17(18)19(25)13-23-24/h1-2,5-10,13H,3-4,11-12,14H2,(H,22,26). The van der Waals surface area contributed by atoms with Crippen molar-refractivity contribution in [2.45, 2.75) is 19.4 Å². The van der Waals surface area contributed by atoms with Gasteiger partial charge in [0.15, 0.2) is 0 Å². The summed E-state index contributed by atoms with van der Waals surface area (Å²) in [7, 11) is 0. The summed E-state index contributed by atoms with van der Waals surface area (Å²) in [5, 5.41) is 7.41. The number of unbranched alkanes of at least 4 members (excludes halogenated alkanes) is 1. The number of para-hydroxylation sites is 1. The van der Waals surface area contributed by atoms with Gasteiger partial charge in [0.25, 0.3) is 0 Å². The summed E-state index contributed by atoms with van der Waals surface area (Å²) >= 11 is 0. The quantitative estimate of drug-likeness (QED) is 0.619. The minimum Gasteiger partial charge on any atom is -0.494 e. The molecule has 0 unspecified atom stereocenters. The lowest BCUT2D eigenvalue weighted by Crippen LogP contribution is -2.30. The number of nitrogens with zero attached hydrogens (tertiary/aromatic N) is 2. The van der Waals surface area contributed by atoms with E-state index in [9.17, 15) is 14.0 Å². The molecule has 0 bridgehead atoms. The molecular weight excluding hydrogens is 349 g/mol. The summed E-state index contributed by atoms with van der Waals surface area (Å²) in [6.45, 7) is 1.06. The van der Waals surface area contributed by atoms with E-state index in [0.29, 0.717) is 29.8 Å². The molecule has 27 heavy (non-hydrogen) atoms. The zero-order chi connectivity index (χ0) is 19.1. The third-order valence-corrected chi connectivity index (χ3v) is 4.03. The van der Waals surface area contributed by atoms with Gasteiger partial charge in [0.2, 0.25) is 11.3 Å². The molecular formula is C20H20FN3O3. The van der Waals surface area contributed by atoms with Gasteiger partial charge in [0, 0.05) is 11.9 Å². The van der Waals surface area contributed by atoms with E-state index >= 15 is 0 Å². The molecule has 0 atom stereocenters. The first-order valence-electron chi connectivity index (χ1n) is 8.73. The Balaban J connectivity index is 1.41. The van der Waals surface area contributed by atoms with Crippen LogP contribution in [0.15, 0.2) is 59.5 Å². The van der Waals surface area contributed by atoms with Crippen molar-refractivity contribution in [3.8, 4) is 5.75 Å². The van der Waals surface area contributed by atoms with E-state index in [4.69, 9.17) is 4.74 Å².